The van der Waals surface area contributed by atoms with Gasteiger partial charge in [0.1, 0.15) is 5.75 Å². The Kier molecular flexibility index (Phi) is 5.44. The fraction of sp³-hybridized carbons (Fsp3) is 0.647. The summed E-state index contributed by atoms with van der Waals surface area (Å²) in [6, 6.07) is 9.15. The molecule has 2 unspecified atom stereocenters. The number of hydrogen-bond donors (Lipinski definition) is 1. The molecule has 1 fully saturated rings. The van der Waals surface area contributed by atoms with E-state index in [0.717, 1.165) is 11.7 Å². The van der Waals surface area contributed by atoms with Crippen molar-refractivity contribution in [1.82, 2.24) is 10.2 Å². The normalized spacial score (nSPS) is 20.6. The highest BCUT2D eigenvalue weighted by atomic mass is 16.5. The van der Waals surface area contributed by atoms with Crippen LogP contribution in [0.15, 0.2) is 24.3 Å². The summed E-state index contributed by atoms with van der Waals surface area (Å²) in [5.41, 5.74) is 1.25. The van der Waals surface area contributed by atoms with Gasteiger partial charge in [-0.1, -0.05) is 18.2 Å². The molecule has 1 aromatic carbocycles. The van der Waals surface area contributed by atoms with Crippen LogP contribution in [0.1, 0.15) is 38.3 Å². The minimum Gasteiger partial charge on any atom is -0.496 e. The lowest BCUT2D eigenvalue weighted by Crippen LogP contribution is -2.41. The number of ether oxygens (including phenoxy) is 1. The van der Waals surface area contributed by atoms with Crippen molar-refractivity contribution in [2.24, 2.45) is 5.92 Å². The van der Waals surface area contributed by atoms with Gasteiger partial charge in [-0.15, -0.1) is 0 Å². The average molecular weight is 276 g/mol. The number of nitrogens with one attached hydrogen (secondary N) is 1. The Hall–Kier alpha value is -1.06. The van der Waals surface area contributed by atoms with Gasteiger partial charge in [0.25, 0.3) is 0 Å². The predicted octanol–water partition coefficient (Wildman–Crippen LogP) is 3.08. The van der Waals surface area contributed by atoms with Crippen LogP contribution < -0.4 is 10.1 Å². The number of hydrogen-bond acceptors (Lipinski definition) is 3. The maximum absolute atomic E-state index is 5.46. The Morgan fingerprint density at radius 2 is 1.85 bits per heavy atom. The molecule has 1 N–H and O–H groups in total. The van der Waals surface area contributed by atoms with Crippen LogP contribution in [-0.2, 0) is 0 Å². The fourth-order valence-electron chi connectivity index (χ4n) is 3.17. The number of para-hydroxylation sites is 1. The summed E-state index contributed by atoms with van der Waals surface area (Å²) in [5, 5.41) is 3.76. The Labute approximate surface area is 123 Å². The number of rotatable bonds is 5. The van der Waals surface area contributed by atoms with Crippen molar-refractivity contribution in [3.63, 3.8) is 0 Å². The number of methoxy groups -OCH3 is 1. The first-order valence-electron chi connectivity index (χ1n) is 7.69. The molecule has 3 heteroatoms. The topological polar surface area (TPSA) is 24.5 Å². The summed E-state index contributed by atoms with van der Waals surface area (Å²) < 4.78 is 5.46. The molecule has 0 spiro atoms. The highest BCUT2D eigenvalue weighted by Gasteiger charge is 2.24. The van der Waals surface area contributed by atoms with Crippen molar-refractivity contribution in [1.29, 1.82) is 0 Å². The van der Waals surface area contributed by atoms with E-state index in [1.165, 1.54) is 31.5 Å². The fourth-order valence-corrected chi connectivity index (χ4v) is 3.17. The van der Waals surface area contributed by atoms with E-state index >= 15 is 0 Å². The van der Waals surface area contributed by atoms with Crippen molar-refractivity contribution >= 4 is 0 Å². The maximum Gasteiger partial charge on any atom is 0.123 e. The maximum atomic E-state index is 5.46. The third kappa shape index (κ3) is 3.74. The van der Waals surface area contributed by atoms with E-state index in [1.54, 1.807) is 7.11 Å². The summed E-state index contributed by atoms with van der Waals surface area (Å²) in [6.45, 7) is 6.99. The van der Waals surface area contributed by atoms with Crippen molar-refractivity contribution < 1.29 is 4.74 Å². The van der Waals surface area contributed by atoms with Crippen molar-refractivity contribution in [3.05, 3.63) is 29.8 Å². The Balaban J connectivity index is 1.95. The highest BCUT2D eigenvalue weighted by Crippen LogP contribution is 2.27. The molecule has 0 amide bonds. The summed E-state index contributed by atoms with van der Waals surface area (Å²) in [6.07, 6.45) is 2.59. The van der Waals surface area contributed by atoms with Crippen LogP contribution in [0.25, 0.3) is 0 Å². The summed E-state index contributed by atoms with van der Waals surface area (Å²) in [7, 11) is 3.96. The molecular formula is C17H28N2O. The number of piperidine rings is 1. The van der Waals surface area contributed by atoms with Gasteiger partial charge < -0.3 is 15.0 Å². The molecule has 0 bridgehead atoms. The Morgan fingerprint density at radius 3 is 2.50 bits per heavy atom. The number of nitrogens with zero attached hydrogens (tertiary/aromatic N) is 1. The minimum atomic E-state index is 0.320. The molecule has 0 aliphatic carbocycles. The van der Waals surface area contributed by atoms with Crippen LogP contribution in [0.2, 0.25) is 0 Å². The standard InChI is InChI=1S/C17H28N2O/c1-13(15-9-11-19(3)12-10-15)18-14(2)16-7-5-6-8-17(16)20-4/h5-8,13-15,18H,9-12H2,1-4H3. The predicted molar refractivity (Wildman–Crippen MR) is 84.2 cm³/mol. The van der Waals surface area contributed by atoms with Crippen molar-refractivity contribution in [2.75, 3.05) is 27.2 Å². The van der Waals surface area contributed by atoms with Gasteiger partial charge in [-0.25, -0.2) is 0 Å². The van der Waals surface area contributed by atoms with Crippen LogP contribution in [0.3, 0.4) is 0 Å². The summed E-state index contributed by atoms with van der Waals surface area (Å²) >= 11 is 0. The molecule has 1 saturated heterocycles. The van der Waals surface area contributed by atoms with Crippen LogP contribution in [0, 0.1) is 5.92 Å². The first kappa shape index (κ1) is 15.3. The molecule has 2 rings (SSSR count). The smallest absolute Gasteiger partial charge is 0.123 e. The monoisotopic (exact) mass is 276 g/mol. The number of benzene rings is 1. The van der Waals surface area contributed by atoms with Crippen molar-refractivity contribution in [2.45, 2.75) is 38.8 Å². The van der Waals surface area contributed by atoms with Crippen molar-refractivity contribution in [3.8, 4) is 5.75 Å². The molecular weight excluding hydrogens is 248 g/mol. The molecule has 0 radical (unpaired) electrons. The average Bonchev–Trinajstić information content (AvgIpc) is 2.47. The second kappa shape index (κ2) is 7.09. The van der Waals surface area contributed by atoms with E-state index < -0.39 is 0 Å². The van der Waals surface area contributed by atoms with Gasteiger partial charge in [0.15, 0.2) is 0 Å². The van der Waals surface area contributed by atoms with E-state index in [1.807, 2.05) is 12.1 Å². The Bertz CT molecular complexity index is 413. The number of likely N-dealkylation sites (tertiary alicyclic amines) is 1. The zero-order valence-electron chi connectivity index (χ0n) is 13.2. The Morgan fingerprint density at radius 1 is 1.20 bits per heavy atom. The van der Waals surface area contributed by atoms with Crippen LogP contribution in [-0.4, -0.2) is 38.2 Å². The van der Waals surface area contributed by atoms with Gasteiger partial charge in [-0.3, -0.25) is 0 Å². The summed E-state index contributed by atoms with van der Waals surface area (Å²) in [5.74, 6) is 1.76. The third-order valence-electron chi connectivity index (χ3n) is 4.59. The molecule has 1 aliphatic rings. The quantitative estimate of drug-likeness (QED) is 0.894. The molecule has 20 heavy (non-hydrogen) atoms. The molecule has 1 heterocycles. The first-order valence-corrected chi connectivity index (χ1v) is 7.69. The lowest BCUT2D eigenvalue weighted by molar-refractivity contribution is 0.185. The van der Waals surface area contributed by atoms with Gasteiger partial charge in [0, 0.05) is 17.6 Å². The molecule has 1 aromatic rings. The summed E-state index contributed by atoms with van der Waals surface area (Å²) in [4.78, 5) is 2.42. The molecule has 0 saturated carbocycles. The van der Waals surface area contributed by atoms with Crippen LogP contribution in [0.4, 0.5) is 0 Å². The van der Waals surface area contributed by atoms with Gasteiger partial charge in [-0.05, 0) is 58.8 Å². The molecule has 3 nitrogen and oxygen atoms in total. The van der Waals surface area contributed by atoms with E-state index in [2.05, 4.69) is 43.2 Å². The van der Waals surface area contributed by atoms with Gasteiger partial charge in [0.05, 0.1) is 7.11 Å². The van der Waals surface area contributed by atoms with Gasteiger partial charge >= 0.3 is 0 Å². The lowest BCUT2D eigenvalue weighted by Gasteiger charge is -2.34. The van der Waals surface area contributed by atoms with Gasteiger partial charge in [-0.2, -0.15) is 0 Å². The first-order chi connectivity index (χ1) is 9.61. The van der Waals surface area contributed by atoms with E-state index in [4.69, 9.17) is 4.74 Å². The largest absolute Gasteiger partial charge is 0.496 e. The molecule has 0 aromatic heterocycles. The van der Waals surface area contributed by atoms with Gasteiger partial charge in [0.2, 0.25) is 0 Å². The second-order valence-corrected chi connectivity index (χ2v) is 6.06. The zero-order valence-corrected chi connectivity index (χ0v) is 13.2. The second-order valence-electron chi connectivity index (χ2n) is 6.06. The van der Waals surface area contributed by atoms with Crippen LogP contribution >= 0.6 is 0 Å². The van der Waals surface area contributed by atoms with E-state index in [9.17, 15) is 0 Å². The molecule has 2 atom stereocenters. The molecule has 1 aliphatic heterocycles. The third-order valence-corrected chi connectivity index (χ3v) is 4.59. The van der Waals surface area contributed by atoms with E-state index in [0.29, 0.717) is 12.1 Å². The molecule has 112 valence electrons. The van der Waals surface area contributed by atoms with Crippen LogP contribution in [0.5, 0.6) is 5.75 Å². The minimum absolute atomic E-state index is 0.320. The SMILES string of the molecule is COc1ccccc1C(C)NC(C)C1CCN(C)CC1. The van der Waals surface area contributed by atoms with E-state index in [-0.39, 0.29) is 0 Å². The highest BCUT2D eigenvalue weighted by molar-refractivity contribution is 5.35. The lowest BCUT2D eigenvalue weighted by atomic mass is 9.89. The zero-order chi connectivity index (χ0) is 14.5.